The van der Waals surface area contributed by atoms with Crippen molar-refractivity contribution in [2.75, 3.05) is 19.0 Å². The fraction of sp³-hybridized carbons (Fsp3) is 0.545. The number of aliphatic hydroxyl groups excluding tert-OH is 1. The number of halogens is 1. The van der Waals surface area contributed by atoms with Crippen molar-refractivity contribution >= 4 is 27.6 Å². The minimum Gasteiger partial charge on any atom is -0.468 e. The smallest absolute Gasteiger partial charge is 0.327 e. The van der Waals surface area contributed by atoms with Crippen molar-refractivity contribution in [2.24, 2.45) is 0 Å². The molecule has 106 valence electrons. The Labute approximate surface area is 118 Å². The highest BCUT2D eigenvalue weighted by Gasteiger charge is 2.13. The summed E-state index contributed by atoms with van der Waals surface area (Å²) >= 11 is 3.17. The van der Waals surface area contributed by atoms with Gasteiger partial charge in [-0.25, -0.2) is 4.68 Å². The van der Waals surface area contributed by atoms with Gasteiger partial charge in [0, 0.05) is 12.6 Å². The number of carbonyl (C=O) groups is 1. The summed E-state index contributed by atoms with van der Waals surface area (Å²) in [7, 11) is 1.24. The van der Waals surface area contributed by atoms with Crippen LogP contribution in [0.4, 0.5) is 5.69 Å². The zero-order chi connectivity index (χ0) is 14.4. The van der Waals surface area contributed by atoms with Crippen LogP contribution in [0.15, 0.2) is 15.5 Å². The zero-order valence-electron chi connectivity index (χ0n) is 10.7. The number of methoxy groups -OCH3 is 1. The van der Waals surface area contributed by atoms with E-state index in [1.54, 1.807) is 0 Å². The van der Waals surface area contributed by atoms with Crippen molar-refractivity contribution in [3.05, 3.63) is 21.0 Å². The monoisotopic (exact) mass is 333 g/mol. The van der Waals surface area contributed by atoms with Gasteiger partial charge < -0.3 is 15.2 Å². The molecule has 0 aliphatic heterocycles. The number of hydrogen-bond acceptors (Lipinski definition) is 6. The van der Waals surface area contributed by atoms with Crippen LogP contribution < -0.4 is 10.9 Å². The summed E-state index contributed by atoms with van der Waals surface area (Å²) in [6, 6.07) is -0.000966. The Balaban J connectivity index is 2.91. The lowest BCUT2D eigenvalue weighted by Crippen LogP contribution is -2.29. The molecule has 0 aliphatic rings. The molecular formula is C11H16BrN3O4. The molecule has 7 nitrogen and oxygen atoms in total. The number of esters is 1. The van der Waals surface area contributed by atoms with Crippen LogP contribution in [0, 0.1) is 0 Å². The highest BCUT2D eigenvalue weighted by atomic mass is 79.9. The Morgan fingerprint density at radius 3 is 2.95 bits per heavy atom. The minimum atomic E-state index is -0.546. The summed E-state index contributed by atoms with van der Waals surface area (Å²) in [4.78, 5) is 23.0. The van der Waals surface area contributed by atoms with Crippen molar-refractivity contribution in [3.63, 3.8) is 0 Å². The Morgan fingerprint density at radius 1 is 1.68 bits per heavy atom. The highest BCUT2D eigenvalue weighted by Crippen LogP contribution is 2.17. The van der Waals surface area contributed by atoms with Crippen molar-refractivity contribution in [1.82, 2.24) is 9.78 Å². The number of ether oxygens (including phenoxy) is 1. The molecule has 1 aromatic rings. The van der Waals surface area contributed by atoms with E-state index in [-0.39, 0.29) is 23.7 Å². The molecule has 1 heterocycles. The summed E-state index contributed by atoms with van der Waals surface area (Å²) in [5, 5.41) is 15.8. The second-order valence-corrected chi connectivity index (χ2v) is 4.76. The summed E-state index contributed by atoms with van der Waals surface area (Å²) in [6.07, 6.45) is 2.00. The first-order valence-electron chi connectivity index (χ1n) is 5.69. The van der Waals surface area contributed by atoms with Crippen LogP contribution in [-0.2, 0) is 16.1 Å². The Kier molecular flexibility index (Phi) is 5.97. The van der Waals surface area contributed by atoms with E-state index in [1.165, 1.54) is 13.3 Å². The van der Waals surface area contributed by atoms with Crippen molar-refractivity contribution < 1.29 is 14.6 Å². The summed E-state index contributed by atoms with van der Waals surface area (Å²) in [5.41, 5.74) is 0.0960. The normalized spacial score (nSPS) is 12.0. The number of nitrogens with one attached hydrogen (secondary N) is 1. The van der Waals surface area contributed by atoms with Crippen LogP contribution >= 0.6 is 15.9 Å². The second-order valence-electron chi connectivity index (χ2n) is 3.97. The standard InChI is InChI=1S/C11H16BrN3O4/c1-7(3-4-16)14-8-5-13-15(6-9(17)19-2)11(18)10(8)12/h5,7,14,16H,3-4,6H2,1-2H3. The average molecular weight is 334 g/mol. The van der Waals surface area contributed by atoms with Gasteiger partial charge in [-0.3, -0.25) is 9.59 Å². The third kappa shape index (κ3) is 4.32. The molecule has 1 aromatic heterocycles. The Hall–Kier alpha value is -1.41. The second kappa shape index (κ2) is 7.25. The molecule has 19 heavy (non-hydrogen) atoms. The number of aliphatic hydroxyl groups is 1. The molecule has 8 heteroatoms. The molecule has 0 aliphatic carbocycles. The molecule has 0 spiro atoms. The molecule has 1 atom stereocenters. The fourth-order valence-corrected chi connectivity index (χ4v) is 1.82. The number of hydrogen-bond donors (Lipinski definition) is 2. The first-order valence-corrected chi connectivity index (χ1v) is 6.48. The number of carbonyl (C=O) groups excluding carboxylic acids is 1. The van der Waals surface area contributed by atoms with Crippen LogP contribution in [0.3, 0.4) is 0 Å². The van der Waals surface area contributed by atoms with E-state index in [2.05, 4.69) is 31.1 Å². The summed E-state index contributed by atoms with van der Waals surface area (Å²) in [5.74, 6) is -0.546. The third-order valence-electron chi connectivity index (χ3n) is 2.46. The molecule has 0 fully saturated rings. The molecule has 1 unspecified atom stereocenters. The van der Waals surface area contributed by atoms with Gasteiger partial charge in [0.2, 0.25) is 0 Å². The molecule has 1 rings (SSSR count). The maximum atomic E-state index is 11.9. The first-order chi connectivity index (χ1) is 8.99. The number of anilines is 1. The average Bonchev–Trinajstić information content (AvgIpc) is 2.38. The predicted molar refractivity (Wildman–Crippen MR) is 73.0 cm³/mol. The van der Waals surface area contributed by atoms with Crippen LogP contribution in [-0.4, -0.2) is 40.6 Å². The summed E-state index contributed by atoms with van der Waals surface area (Å²) in [6.45, 7) is 1.70. The molecule has 0 radical (unpaired) electrons. The van der Waals surface area contributed by atoms with Crippen LogP contribution in [0.1, 0.15) is 13.3 Å². The predicted octanol–water partition coefficient (Wildman–Crippen LogP) is 0.362. The van der Waals surface area contributed by atoms with Crippen molar-refractivity contribution in [1.29, 1.82) is 0 Å². The lowest BCUT2D eigenvalue weighted by atomic mass is 10.2. The quantitative estimate of drug-likeness (QED) is 0.730. The summed E-state index contributed by atoms with van der Waals surface area (Å²) < 4.78 is 5.78. The molecule has 0 amide bonds. The maximum Gasteiger partial charge on any atom is 0.327 e. The lowest BCUT2D eigenvalue weighted by Gasteiger charge is -2.15. The van der Waals surface area contributed by atoms with E-state index < -0.39 is 11.5 Å². The molecule has 0 saturated carbocycles. The van der Waals surface area contributed by atoms with Gasteiger partial charge in [-0.05, 0) is 29.3 Å². The third-order valence-corrected chi connectivity index (χ3v) is 3.22. The van der Waals surface area contributed by atoms with Gasteiger partial charge >= 0.3 is 5.97 Å². The molecular weight excluding hydrogens is 318 g/mol. The van der Waals surface area contributed by atoms with Crippen molar-refractivity contribution in [3.8, 4) is 0 Å². The Morgan fingerprint density at radius 2 is 2.37 bits per heavy atom. The van der Waals surface area contributed by atoms with Gasteiger partial charge in [0.1, 0.15) is 11.0 Å². The van der Waals surface area contributed by atoms with Crippen LogP contribution in [0.5, 0.6) is 0 Å². The van der Waals surface area contributed by atoms with Gasteiger partial charge in [0.05, 0.1) is 19.0 Å². The van der Waals surface area contributed by atoms with E-state index in [4.69, 9.17) is 5.11 Å². The fourth-order valence-electron chi connectivity index (χ4n) is 1.40. The van der Waals surface area contributed by atoms with E-state index in [1.807, 2.05) is 6.92 Å². The maximum absolute atomic E-state index is 11.9. The largest absolute Gasteiger partial charge is 0.468 e. The minimum absolute atomic E-state index is 0.000966. The van der Waals surface area contributed by atoms with Crippen LogP contribution in [0.2, 0.25) is 0 Å². The highest BCUT2D eigenvalue weighted by molar-refractivity contribution is 9.10. The van der Waals surface area contributed by atoms with E-state index in [9.17, 15) is 9.59 Å². The number of rotatable bonds is 6. The van der Waals surface area contributed by atoms with Gasteiger partial charge in [-0.15, -0.1) is 0 Å². The lowest BCUT2D eigenvalue weighted by molar-refractivity contribution is -0.141. The number of aromatic nitrogens is 2. The van der Waals surface area contributed by atoms with Crippen LogP contribution in [0.25, 0.3) is 0 Å². The molecule has 0 bridgehead atoms. The van der Waals surface area contributed by atoms with E-state index in [0.717, 1.165) is 4.68 Å². The van der Waals surface area contributed by atoms with Crippen molar-refractivity contribution in [2.45, 2.75) is 25.9 Å². The molecule has 0 aromatic carbocycles. The van der Waals surface area contributed by atoms with Gasteiger partial charge in [-0.1, -0.05) is 0 Å². The first kappa shape index (κ1) is 15.6. The molecule has 2 N–H and O–H groups in total. The van der Waals surface area contributed by atoms with Gasteiger partial charge in [0.15, 0.2) is 0 Å². The number of nitrogens with zero attached hydrogens (tertiary/aromatic N) is 2. The molecule has 0 saturated heterocycles. The van der Waals surface area contributed by atoms with E-state index in [0.29, 0.717) is 12.1 Å². The Bertz CT molecular complexity index is 503. The SMILES string of the molecule is COC(=O)Cn1ncc(NC(C)CCO)c(Br)c1=O. The van der Waals surface area contributed by atoms with Gasteiger partial charge in [-0.2, -0.15) is 5.10 Å². The van der Waals surface area contributed by atoms with Gasteiger partial charge in [0.25, 0.3) is 5.56 Å². The topological polar surface area (TPSA) is 93.5 Å². The zero-order valence-corrected chi connectivity index (χ0v) is 12.3. The van der Waals surface area contributed by atoms with E-state index >= 15 is 0 Å².